The molecule has 0 aromatic carbocycles. The van der Waals surface area contributed by atoms with Gasteiger partial charge in [-0.3, -0.25) is 4.79 Å². The van der Waals surface area contributed by atoms with Crippen molar-refractivity contribution in [1.82, 2.24) is 15.5 Å². The Labute approximate surface area is 94.4 Å². The fourth-order valence-corrected chi connectivity index (χ4v) is 0.924. The number of hydrogen-bond donors (Lipinski definition) is 1. The maximum absolute atomic E-state index is 11.3. The van der Waals surface area contributed by atoms with E-state index in [1.807, 2.05) is 20.8 Å². The molecule has 6 nitrogen and oxygen atoms in total. The Bertz CT molecular complexity index is 354. The monoisotopic (exact) mass is 227 g/mol. The van der Waals surface area contributed by atoms with E-state index < -0.39 is 0 Å². The molecule has 0 fully saturated rings. The minimum atomic E-state index is -0.319. The molecule has 1 aromatic heterocycles. The van der Waals surface area contributed by atoms with E-state index in [4.69, 9.17) is 9.26 Å². The maximum atomic E-state index is 11.3. The van der Waals surface area contributed by atoms with Gasteiger partial charge < -0.3 is 14.6 Å². The lowest BCUT2D eigenvalue weighted by molar-refractivity contribution is -0.130. The van der Waals surface area contributed by atoms with Crippen LogP contribution in [0.15, 0.2) is 4.52 Å². The Morgan fingerprint density at radius 1 is 1.50 bits per heavy atom. The first kappa shape index (κ1) is 12.6. The lowest BCUT2D eigenvalue weighted by atomic mass is 10.2. The number of rotatable bonds is 4. The van der Waals surface area contributed by atoms with Gasteiger partial charge in [0, 0.05) is 6.92 Å². The zero-order chi connectivity index (χ0) is 12.2. The van der Waals surface area contributed by atoms with Gasteiger partial charge in [-0.25, -0.2) is 0 Å². The predicted molar refractivity (Wildman–Crippen MR) is 56.6 cm³/mol. The zero-order valence-corrected chi connectivity index (χ0v) is 10.0. The smallest absolute Gasteiger partial charge is 0.246 e. The van der Waals surface area contributed by atoms with Gasteiger partial charge >= 0.3 is 0 Å². The average molecular weight is 227 g/mol. The molecule has 0 saturated carbocycles. The van der Waals surface area contributed by atoms with E-state index in [0.29, 0.717) is 11.7 Å². The van der Waals surface area contributed by atoms with Crippen LogP contribution in [0, 0.1) is 6.92 Å². The van der Waals surface area contributed by atoms with Crippen molar-refractivity contribution < 1.29 is 14.1 Å². The molecule has 0 aliphatic rings. The number of aromatic nitrogens is 2. The molecular weight excluding hydrogens is 210 g/mol. The highest BCUT2D eigenvalue weighted by Crippen LogP contribution is 2.05. The van der Waals surface area contributed by atoms with Crippen molar-refractivity contribution in [3.63, 3.8) is 0 Å². The summed E-state index contributed by atoms with van der Waals surface area (Å²) >= 11 is 0. The molecule has 1 aromatic rings. The van der Waals surface area contributed by atoms with Crippen LogP contribution in [0.5, 0.6) is 0 Å². The molecule has 1 rings (SSSR count). The molecule has 1 amide bonds. The first-order valence-electron chi connectivity index (χ1n) is 5.07. The third kappa shape index (κ3) is 4.88. The van der Waals surface area contributed by atoms with Crippen molar-refractivity contribution in [3.8, 4) is 0 Å². The Hall–Kier alpha value is -1.43. The van der Waals surface area contributed by atoms with Crippen LogP contribution in [-0.2, 0) is 16.1 Å². The Kier molecular flexibility index (Phi) is 4.00. The molecule has 0 radical (unpaired) electrons. The standard InChI is InChI=1S/C10H17N3O3/c1-7-12-8(13-16-7)5-11-9(14)6-15-10(2,3)4/h5-6H2,1-4H3,(H,11,14). The molecule has 0 bridgehead atoms. The highest BCUT2D eigenvalue weighted by atomic mass is 16.5. The van der Waals surface area contributed by atoms with E-state index in [9.17, 15) is 4.79 Å². The summed E-state index contributed by atoms with van der Waals surface area (Å²) in [6.45, 7) is 7.65. The summed E-state index contributed by atoms with van der Waals surface area (Å²) in [5.41, 5.74) is -0.319. The molecule has 0 aliphatic carbocycles. The molecule has 1 heterocycles. The highest BCUT2D eigenvalue weighted by Gasteiger charge is 2.13. The van der Waals surface area contributed by atoms with Crippen LogP contribution in [0.1, 0.15) is 32.5 Å². The molecule has 0 atom stereocenters. The van der Waals surface area contributed by atoms with Gasteiger partial charge in [0.25, 0.3) is 0 Å². The molecule has 1 N–H and O–H groups in total. The number of aryl methyl sites for hydroxylation is 1. The van der Waals surface area contributed by atoms with E-state index in [2.05, 4.69) is 15.5 Å². The van der Waals surface area contributed by atoms with Crippen LogP contribution >= 0.6 is 0 Å². The van der Waals surface area contributed by atoms with E-state index in [0.717, 1.165) is 0 Å². The normalized spacial score (nSPS) is 11.5. The van der Waals surface area contributed by atoms with Gasteiger partial charge in [-0.1, -0.05) is 5.16 Å². The number of carbonyl (C=O) groups excluding carboxylic acids is 1. The largest absolute Gasteiger partial charge is 0.366 e. The molecule has 6 heteroatoms. The fourth-order valence-electron chi connectivity index (χ4n) is 0.924. The summed E-state index contributed by atoms with van der Waals surface area (Å²) in [6.07, 6.45) is 0. The fraction of sp³-hybridized carbons (Fsp3) is 0.700. The van der Waals surface area contributed by atoms with Gasteiger partial charge in [0.05, 0.1) is 12.1 Å². The average Bonchev–Trinajstić information content (AvgIpc) is 2.57. The molecule has 0 unspecified atom stereocenters. The second-order valence-electron chi connectivity index (χ2n) is 4.41. The Morgan fingerprint density at radius 3 is 2.69 bits per heavy atom. The minimum absolute atomic E-state index is 0.0281. The van der Waals surface area contributed by atoms with Crippen molar-refractivity contribution in [1.29, 1.82) is 0 Å². The summed E-state index contributed by atoms with van der Waals surface area (Å²) < 4.78 is 10.1. The van der Waals surface area contributed by atoms with Gasteiger partial charge in [0.15, 0.2) is 5.82 Å². The van der Waals surface area contributed by atoms with Gasteiger partial charge in [0.1, 0.15) is 6.61 Å². The number of carbonyl (C=O) groups is 1. The molecule has 0 saturated heterocycles. The number of hydrogen-bond acceptors (Lipinski definition) is 5. The van der Waals surface area contributed by atoms with Crippen molar-refractivity contribution in [2.24, 2.45) is 0 Å². The van der Waals surface area contributed by atoms with Gasteiger partial charge in [0.2, 0.25) is 11.8 Å². The molecule has 0 aliphatic heterocycles. The second-order valence-corrected chi connectivity index (χ2v) is 4.41. The number of ether oxygens (including phenoxy) is 1. The lowest BCUT2D eigenvalue weighted by Crippen LogP contribution is -2.32. The lowest BCUT2D eigenvalue weighted by Gasteiger charge is -2.18. The molecule has 90 valence electrons. The van der Waals surface area contributed by atoms with Crippen LogP contribution in [-0.4, -0.2) is 28.3 Å². The maximum Gasteiger partial charge on any atom is 0.246 e. The summed E-state index contributed by atoms with van der Waals surface area (Å²) in [6, 6.07) is 0. The van der Waals surface area contributed by atoms with Crippen LogP contribution in [0.2, 0.25) is 0 Å². The van der Waals surface area contributed by atoms with Crippen LogP contribution < -0.4 is 5.32 Å². The van der Waals surface area contributed by atoms with Crippen LogP contribution in [0.25, 0.3) is 0 Å². The topological polar surface area (TPSA) is 77.2 Å². The number of nitrogens with zero attached hydrogens (tertiary/aromatic N) is 2. The second kappa shape index (κ2) is 5.07. The van der Waals surface area contributed by atoms with E-state index in [1.165, 1.54) is 0 Å². The van der Waals surface area contributed by atoms with Crippen molar-refractivity contribution in [2.45, 2.75) is 39.8 Å². The molecular formula is C10H17N3O3. The SMILES string of the molecule is Cc1nc(CNC(=O)COC(C)(C)C)no1. The van der Waals surface area contributed by atoms with Gasteiger partial charge in [-0.2, -0.15) is 4.98 Å². The van der Waals surface area contributed by atoms with Crippen LogP contribution in [0.4, 0.5) is 0 Å². The number of nitrogens with one attached hydrogen (secondary N) is 1. The van der Waals surface area contributed by atoms with E-state index in [-0.39, 0.29) is 24.7 Å². The third-order valence-electron chi connectivity index (χ3n) is 1.65. The van der Waals surface area contributed by atoms with E-state index in [1.54, 1.807) is 6.92 Å². The van der Waals surface area contributed by atoms with Gasteiger partial charge in [-0.15, -0.1) is 0 Å². The summed E-state index contributed by atoms with van der Waals surface area (Å²) in [5, 5.41) is 6.29. The molecule has 0 spiro atoms. The first-order valence-corrected chi connectivity index (χ1v) is 5.07. The number of amides is 1. The van der Waals surface area contributed by atoms with E-state index >= 15 is 0 Å². The van der Waals surface area contributed by atoms with Crippen molar-refractivity contribution in [2.75, 3.05) is 6.61 Å². The zero-order valence-electron chi connectivity index (χ0n) is 10.0. The highest BCUT2D eigenvalue weighted by molar-refractivity contribution is 5.77. The Balaban J connectivity index is 2.25. The summed E-state index contributed by atoms with van der Waals surface area (Å²) in [5.74, 6) is 0.745. The minimum Gasteiger partial charge on any atom is -0.366 e. The Morgan fingerprint density at radius 2 is 2.19 bits per heavy atom. The van der Waals surface area contributed by atoms with Gasteiger partial charge in [-0.05, 0) is 20.8 Å². The third-order valence-corrected chi connectivity index (χ3v) is 1.65. The summed E-state index contributed by atoms with van der Waals surface area (Å²) in [4.78, 5) is 15.3. The van der Waals surface area contributed by atoms with Crippen molar-refractivity contribution in [3.05, 3.63) is 11.7 Å². The van der Waals surface area contributed by atoms with Crippen LogP contribution in [0.3, 0.4) is 0 Å². The molecule has 16 heavy (non-hydrogen) atoms. The first-order chi connectivity index (χ1) is 7.37. The van der Waals surface area contributed by atoms with Crippen molar-refractivity contribution >= 4 is 5.91 Å². The predicted octanol–water partition coefficient (Wildman–Crippen LogP) is 0.809. The quantitative estimate of drug-likeness (QED) is 0.823. The summed E-state index contributed by atoms with van der Waals surface area (Å²) in [7, 11) is 0.